The van der Waals surface area contributed by atoms with Gasteiger partial charge in [-0.25, -0.2) is 4.90 Å². The lowest BCUT2D eigenvalue weighted by molar-refractivity contribution is -0.212. The highest BCUT2D eigenvalue weighted by atomic mass is 16.5. The highest BCUT2D eigenvalue weighted by Gasteiger charge is 2.44. The van der Waals surface area contributed by atoms with Gasteiger partial charge in [-0.3, -0.25) is 14.4 Å². The van der Waals surface area contributed by atoms with Crippen molar-refractivity contribution in [2.24, 2.45) is 5.92 Å². The zero-order chi connectivity index (χ0) is 20.1. The maximum Gasteiger partial charge on any atom is 0.310 e. The SMILES string of the molecule is CCC1COC1(CC)CCCOC(=O)Cc1ccc(N2C(=O)C=CC2=O)cc1. The Labute approximate surface area is 165 Å². The zero-order valence-corrected chi connectivity index (χ0v) is 16.5. The summed E-state index contributed by atoms with van der Waals surface area (Å²) in [6.45, 7) is 5.57. The van der Waals surface area contributed by atoms with Gasteiger partial charge in [-0.15, -0.1) is 0 Å². The number of carbonyl (C=O) groups is 3. The van der Waals surface area contributed by atoms with Gasteiger partial charge in [-0.2, -0.15) is 0 Å². The van der Waals surface area contributed by atoms with Crippen molar-refractivity contribution in [2.75, 3.05) is 18.1 Å². The van der Waals surface area contributed by atoms with E-state index in [4.69, 9.17) is 9.47 Å². The summed E-state index contributed by atoms with van der Waals surface area (Å²) in [4.78, 5) is 36.5. The van der Waals surface area contributed by atoms with E-state index in [1.165, 1.54) is 12.2 Å². The van der Waals surface area contributed by atoms with Crippen LogP contribution in [0.2, 0.25) is 0 Å². The van der Waals surface area contributed by atoms with Crippen LogP contribution < -0.4 is 4.90 Å². The molecule has 1 fully saturated rings. The van der Waals surface area contributed by atoms with Crippen molar-refractivity contribution in [3.63, 3.8) is 0 Å². The van der Waals surface area contributed by atoms with Gasteiger partial charge in [0.15, 0.2) is 0 Å². The van der Waals surface area contributed by atoms with Crippen LogP contribution >= 0.6 is 0 Å². The molecule has 1 saturated heterocycles. The van der Waals surface area contributed by atoms with Crippen molar-refractivity contribution in [1.29, 1.82) is 0 Å². The quantitative estimate of drug-likeness (QED) is 0.371. The number of hydrogen-bond donors (Lipinski definition) is 0. The van der Waals surface area contributed by atoms with Crippen LogP contribution in [-0.2, 0) is 30.3 Å². The largest absolute Gasteiger partial charge is 0.465 e. The first kappa shape index (κ1) is 20.3. The van der Waals surface area contributed by atoms with Crippen LogP contribution in [0.1, 0.15) is 45.1 Å². The maximum absolute atomic E-state index is 12.1. The van der Waals surface area contributed by atoms with Crippen molar-refractivity contribution < 1.29 is 23.9 Å². The normalized spacial score (nSPS) is 23.8. The molecule has 0 spiro atoms. The molecule has 2 heterocycles. The van der Waals surface area contributed by atoms with Crippen LogP contribution in [0.4, 0.5) is 5.69 Å². The predicted octanol–water partition coefficient (Wildman–Crippen LogP) is 3.19. The zero-order valence-electron chi connectivity index (χ0n) is 16.5. The number of benzene rings is 1. The van der Waals surface area contributed by atoms with Gasteiger partial charge < -0.3 is 9.47 Å². The fourth-order valence-corrected chi connectivity index (χ4v) is 3.96. The van der Waals surface area contributed by atoms with Crippen LogP contribution in [0.15, 0.2) is 36.4 Å². The van der Waals surface area contributed by atoms with E-state index in [9.17, 15) is 14.4 Å². The van der Waals surface area contributed by atoms with Gasteiger partial charge in [0.1, 0.15) is 0 Å². The summed E-state index contributed by atoms with van der Waals surface area (Å²) in [5.74, 6) is -0.392. The molecule has 0 N–H and O–H groups in total. The van der Waals surface area contributed by atoms with E-state index in [-0.39, 0.29) is 29.8 Å². The number of hydrogen-bond acceptors (Lipinski definition) is 5. The number of carbonyl (C=O) groups excluding carboxylic acids is 3. The number of ether oxygens (including phenoxy) is 2. The molecular weight excluding hydrogens is 358 g/mol. The second kappa shape index (κ2) is 8.69. The average molecular weight is 385 g/mol. The van der Waals surface area contributed by atoms with Crippen molar-refractivity contribution in [3.8, 4) is 0 Å². The first-order chi connectivity index (χ1) is 13.5. The Hall–Kier alpha value is -2.47. The lowest BCUT2D eigenvalue weighted by Gasteiger charge is -2.49. The molecule has 0 aromatic heterocycles. The molecule has 1 aromatic carbocycles. The Morgan fingerprint density at radius 1 is 1.18 bits per heavy atom. The second-order valence-corrected chi connectivity index (χ2v) is 7.35. The van der Waals surface area contributed by atoms with E-state index < -0.39 is 0 Å². The Morgan fingerprint density at radius 2 is 1.86 bits per heavy atom. The van der Waals surface area contributed by atoms with Gasteiger partial charge in [0.2, 0.25) is 0 Å². The maximum atomic E-state index is 12.1. The molecule has 3 rings (SSSR count). The Morgan fingerprint density at radius 3 is 2.39 bits per heavy atom. The first-order valence-electron chi connectivity index (χ1n) is 9.93. The smallest absolute Gasteiger partial charge is 0.310 e. The van der Waals surface area contributed by atoms with Crippen LogP contribution in [0.3, 0.4) is 0 Å². The molecule has 0 radical (unpaired) electrons. The van der Waals surface area contributed by atoms with E-state index in [2.05, 4.69) is 13.8 Å². The summed E-state index contributed by atoms with van der Waals surface area (Å²) >= 11 is 0. The molecule has 2 aliphatic heterocycles. The highest BCUT2D eigenvalue weighted by molar-refractivity contribution is 6.28. The minimum atomic E-state index is -0.359. The van der Waals surface area contributed by atoms with Crippen LogP contribution in [0.5, 0.6) is 0 Å². The van der Waals surface area contributed by atoms with Gasteiger partial charge in [-0.05, 0) is 43.4 Å². The molecule has 0 saturated carbocycles. The minimum absolute atomic E-state index is 0.0315. The molecular formula is C22H27NO5. The summed E-state index contributed by atoms with van der Waals surface area (Å²) in [5, 5.41) is 0. The van der Waals surface area contributed by atoms with Crippen LogP contribution in [0.25, 0.3) is 0 Å². The van der Waals surface area contributed by atoms with Gasteiger partial charge in [0.25, 0.3) is 11.8 Å². The summed E-state index contributed by atoms with van der Waals surface area (Å²) in [6, 6.07) is 6.79. The number of nitrogens with zero attached hydrogens (tertiary/aromatic N) is 1. The third-order valence-corrected chi connectivity index (χ3v) is 5.77. The lowest BCUT2D eigenvalue weighted by Crippen LogP contribution is -2.52. The van der Waals surface area contributed by atoms with Crippen molar-refractivity contribution in [1.82, 2.24) is 0 Å². The number of imide groups is 1. The fraction of sp³-hybridized carbons (Fsp3) is 0.500. The molecule has 2 unspecified atom stereocenters. The molecule has 1 aromatic rings. The Kier molecular flexibility index (Phi) is 6.29. The molecule has 150 valence electrons. The summed E-state index contributed by atoms with van der Waals surface area (Å²) < 4.78 is 11.2. The molecule has 6 heteroatoms. The van der Waals surface area contributed by atoms with Crippen LogP contribution in [0, 0.1) is 5.92 Å². The van der Waals surface area contributed by atoms with E-state index in [0.29, 0.717) is 18.2 Å². The van der Waals surface area contributed by atoms with Crippen molar-refractivity contribution in [3.05, 3.63) is 42.0 Å². The molecule has 0 aliphatic carbocycles. The predicted molar refractivity (Wildman–Crippen MR) is 105 cm³/mol. The van der Waals surface area contributed by atoms with Gasteiger partial charge in [0, 0.05) is 18.1 Å². The summed E-state index contributed by atoms with van der Waals surface area (Å²) in [6.07, 6.45) is 6.46. The van der Waals surface area contributed by atoms with E-state index in [0.717, 1.165) is 42.8 Å². The van der Waals surface area contributed by atoms with E-state index >= 15 is 0 Å². The van der Waals surface area contributed by atoms with Crippen molar-refractivity contribution in [2.45, 2.75) is 51.6 Å². The van der Waals surface area contributed by atoms with Crippen LogP contribution in [-0.4, -0.2) is 36.6 Å². The highest BCUT2D eigenvalue weighted by Crippen LogP contribution is 2.41. The first-order valence-corrected chi connectivity index (χ1v) is 9.93. The number of amides is 2. The minimum Gasteiger partial charge on any atom is -0.465 e. The fourth-order valence-electron chi connectivity index (χ4n) is 3.96. The third kappa shape index (κ3) is 4.17. The third-order valence-electron chi connectivity index (χ3n) is 5.77. The molecule has 0 bridgehead atoms. The number of rotatable bonds is 9. The lowest BCUT2D eigenvalue weighted by atomic mass is 9.76. The topological polar surface area (TPSA) is 72.9 Å². The molecule has 6 nitrogen and oxygen atoms in total. The Balaban J connectivity index is 1.43. The van der Waals surface area contributed by atoms with Gasteiger partial charge in [0.05, 0.1) is 30.9 Å². The number of anilines is 1. The molecule has 2 atom stereocenters. The van der Waals surface area contributed by atoms with Gasteiger partial charge in [-0.1, -0.05) is 26.0 Å². The Bertz CT molecular complexity index is 746. The molecule has 2 amide bonds. The average Bonchev–Trinajstić information content (AvgIpc) is 3.00. The van der Waals surface area contributed by atoms with E-state index in [1.807, 2.05) is 0 Å². The van der Waals surface area contributed by atoms with Gasteiger partial charge >= 0.3 is 5.97 Å². The standard InChI is InChI=1S/C22H27NO5/c1-3-17-15-28-22(17,4-2)12-5-13-27-21(26)14-16-6-8-18(9-7-16)23-19(24)10-11-20(23)25/h6-11,17H,3-5,12-15H2,1-2H3. The number of esters is 1. The summed E-state index contributed by atoms with van der Waals surface area (Å²) in [7, 11) is 0. The van der Waals surface area contributed by atoms with E-state index in [1.54, 1.807) is 24.3 Å². The molecule has 28 heavy (non-hydrogen) atoms. The second-order valence-electron chi connectivity index (χ2n) is 7.35. The monoisotopic (exact) mass is 385 g/mol. The molecule has 2 aliphatic rings. The summed E-state index contributed by atoms with van der Waals surface area (Å²) in [5.41, 5.74) is 1.24. The van der Waals surface area contributed by atoms with Crippen molar-refractivity contribution >= 4 is 23.5 Å².